The maximum absolute atomic E-state index is 12.7. The van der Waals surface area contributed by atoms with Crippen LogP contribution in [0.15, 0.2) is 12.4 Å². The zero-order valence-corrected chi connectivity index (χ0v) is 13.5. The van der Waals surface area contributed by atoms with Crippen LogP contribution >= 0.6 is 0 Å². The van der Waals surface area contributed by atoms with Crippen molar-refractivity contribution in [3.63, 3.8) is 0 Å². The first-order valence-electron chi connectivity index (χ1n) is 7.07. The topological polar surface area (TPSA) is 157 Å². The Morgan fingerprint density at radius 1 is 1.54 bits per heavy atom. The molecule has 2 amide bonds. The minimum Gasteiger partial charge on any atom is -0.480 e. The van der Waals surface area contributed by atoms with Crippen LogP contribution < -0.4 is 10.4 Å². The third kappa shape index (κ3) is 2.09. The van der Waals surface area contributed by atoms with E-state index in [2.05, 4.69) is 5.21 Å². The van der Waals surface area contributed by atoms with E-state index < -0.39 is 43.8 Å². The zero-order chi connectivity index (χ0) is 17.9. The number of hydrogen-bond acceptors (Lipinski definition) is 6. The fourth-order valence-corrected chi connectivity index (χ4v) is 5.66. The van der Waals surface area contributed by atoms with Gasteiger partial charge in [-0.1, -0.05) is 0 Å². The fourth-order valence-electron chi connectivity index (χ4n) is 3.30. The Labute approximate surface area is 136 Å². The molecule has 12 heteroatoms. The summed E-state index contributed by atoms with van der Waals surface area (Å²) < 4.78 is 26.2. The highest BCUT2D eigenvalue weighted by Crippen LogP contribution is 2.46. The Hall–Kier alpha value is -2.50. The third-order valence-electron chi connectivity index (χ3n) is 4.48. The Kier molecular flexibility index (Phi) is 3.41. The Balaban J connectivity index is 1.97. The lowest BCUT2D eigenvalue weighted by atomic mass is 9.96. The number of amides is 2. The summed E-state index contributed by atoms with van der Waals surface area (Å²) in [6.45, 7) is 0.844. The van der Waals surface area contributed by atoms with Crippen molar-refractivity contribution in [3.8, 4) is 0 Å². The van der Waals surface area contributed by atoms with Gasteiger partial charge in [-0.3, -0.25) is 9.59 Å². The quantitative estimate of drug-likeness (QED) is 0.416. The lowest BCUT2D eigenvalue weighted by Crippen LogP contribution is -2.58. The molecule has 0 spiro atoms. The van der Waals surface area contributed by atoms with Crippen molar-refractivity contribution in [1.82, 2.24) is 14.8 Å². The van der Waals surface area contributed by atoms with Crippen molar-refractivity contribution in [1.29, 1.82) is 0 Å². The van der Waals surface area contributed by atoms with Crippen LogP contribution in [0.2, 0.25) is 0 Å². The summed E-state index contributed by atoms with van der Waals surface area (Å²) >= 11 is 0. The maximum atomic E-state index is 12.7. The van der Waals surface area contributed by atoms with E-state index >= 15 is 0 Å². The largest absolute Gasteiger partial charge is 0.480 e. The van der Waals surface area contributed by atoms with E-state index in [1.807, 2.05) is 0 Å². The first-order valence-corrected chi connectivity index (χ1v) is 8.61. The van der Waals surface area contributed by atoms with Gasteiger partial charge in [-0.2, -0.15) is 0 Å². The number of nitrogens with two attached hydrogens (primary N) is 1. The number of sulfone groups is 1. The zero-order valence-electron chi connectivity index (χ0n) is 12.7. The van der Waals surface area contributed by atoms with Crippen molar-refractivity contribution in [2.75, 3.05) is 0 Å². The van der Waals surface area contributed by atoms with Gasteiger partial charge in [0.2, 0.25) is 5.91 Å². The molecule has 0 unspecified atom stereocenters. The van der Waals surface area contributed by atoms with E-state index in [0.717, 1.165) is 4.90 Å². The summed E-state index contributed by atoms with van der Waals surface area (Å²) in [7, 11) is -3.90. The minimum atomic E-state index is -3.90. The molecule has 0 aromatic carbocycles. The lowest BCUT2D eigenvalue weighted by molar-refractivity contribution is -0.743. The number of β-lactam (4-membered cyclic amide) rings is 1. The first-order chi connectivity index (χ1) is 11.1. The summed E-state index contributed by atoms with van der Waals surface area (Å²) in [6.07, 6.45) is 2.63. The molecule has 130 valence electrons. The monoisotopic (exact) mass is 358 g/mol. The smallest absolute Gasteiger partial charge is 0.328 e. The van der Waals surface area contributed by atoms with E-state index in [4.69, 9.17) is 5.73 Å². The number of primary amides is 1. The van der Waals surface area contributed by atoms with Crippen LogP contribution in [0.5, 0.6) is 0 Å². The van der Waals surface area contributed by atoms with Crippen LogP contribution in [0.3, 0.4) is 0 Å². The van der Waals surface area contributed by atoms with Gasteiger partial charge in [-0.15, -0.1) is 9.36 Å². The Morgan fingerprint density at radius 3 is 2.75 bits per heavy atom. The van der Waals surface area contributed by atoms with Gasteiger partial charge in [0.1, 0.15) is 16.7 Å². The van der Waals surface area contributed by atoms with E-state index in [1.165, 1.54) is 28.7 Å². The highest BCUT2D eigenvalue weighted by molar-refractivity contribution is 7.93. The number of aliphatic carboxylic acids is 1. The molecule has 2 fully saturated rings. The van der Waals surface area contributed by atoms with Crippen molar-refractivity contribution < 1.29 is 32.6 Å². The molecule has 3 rings (SSSR count). The highest BCUT2D eigenvalue weighted by Gasteiger charge is 2.71. The highest BCUT2D eigenvalue weighted by atomic mass is 32.2. The van der Waals surface area contributed by atoms with Crippen LogP contribution in [0, 0.1) is 0 Å². The van der Waals surface area contributed by atoms with Gasteiger partial charge in [-0.25, -0.2) is 13.2 Å². The van der Waals surface area contributed by atoms with Gasteiger partial charge in [0.15, 0.2) is 34.8 Å². The van der Waals surface area contributed by atoms with Crippen LogP contribution in [0.4, 0.5) is 0 Å². The molecule has 1 aromatic rings. The van der Waals surface area contributed by atoms with Crippen molar-refractivity contribution >= 4 is 27.6 Å². The molecule has 3 N–H and O–H groups in total. The summed E-state index contributed by atoms with van der Waals surface area (Å²) in [5, 5.41) is 12.3. The summed E-state index contributed by atoms with van der Waals surface area (Å²) in [5.74, 6) is -2.50. The second kappa shape index (κ2) is 5.00. The number of carbonyl (C=O) groups is 3. The molecular weight excluding hydrogens is 342 g/mol. The summed E-state index contributed by atoms with van der Waals surface area (Å²) in [6, 6.07) is -1.48. The lowest BCUT2D eigenvalue weighted by Gasteiger charge is -2.35. The van der Waals surface area contributed by atoms with Crippen molar-refractivity contribution in [2.45, 2.75) is 42.6 Å². The van der Waals surface area contributed by atoms with Gasteiger partial charge < -0.3 is 15.7 Å². The fraction of sp³-hybridized carbons (Fsp3) is 0.583. The molecule has 1 aromatic heterocycles. The molecular formula is C12H16N5O6S+. The van der Waals surface area contributed by atoms with E-state index in [9.17, 15) is 27.9 Å². The predicted molar refractivity (Wildman–Crippen MR) is 75.6 cm³/mol. The SMILES string of the molecule is C[C@]1(Cn2cc[n+](CC(N)=O)n2)[C@H](C(=O)O)N2C(=O)C[C@H]2S1(=O)=O. The van der Waals surface area contributed by atoms with Gasteiger partial charge in [0, 0.05) is 0 Å². The van der Waals surface area contributed by atoms with Crippen LogP contribution in [0.1, 0.15) is 13.3 Å². The van der Waals surface area contributed by atoms with E-state index in [1.54, 1.807) is 0 Å². The minimum absolute atomic E-state index is 0.188. The number of carboxylic acids is 1. The molecule has 3 atom stereocenters. The number of aromatic nitrogens is 3. The van der Waals surface area contributed by atoms with Gasteiger partial charge in [0.05, 0.1) is 11.6 Å². The molecule has 0 saturated carbocycles. The second-order valence-corrected chi connectivity index (χ2v) is 8.67. The van der Waals surface area contributed by atoms with Gasteiger partial charge >= 0.3 is 5.97 Å². The average molecular weight is 358 g/mol. The number of fused-ring (bicyclic) bond motifs is 1. The molecule has 2 saturated heterocycles. The van der Waals surface area contributed by atoms with E-state index in [-0.39, 0.29) is 19.5 Å². The standard InChI is InChI=1S/C12H15N5O6S/c1-12(6-16-3-2-15(14-16)5-7(13)18)10(11(20)21)17-8(19)4-9(17)24(12,22)23/h2-3,9-10H,4-6H2,1H3,(H2-,13,18,20,21)/p+1/t9-,10+,12+/m1/s1. The van der Waals surface area contributed by atoms with Crippen molar-refractivity contribution in [3.05, 3.63) is 12.4 Å². The predicted octanol–water partition coefficient (Wildman–Crippen LogP) is -3.15. The molecule has 0 aliphatic carbocycles. The molecule has 2 aliphatic rings. The summed E-state index contributed by atoms with van der Waals surface area (Å²) in [5.41, 5.74) is 5.06. The van der Waals surface area contributed by atoms with E-state index in [0.29, 0.717) is 0 Å². The first kappa shape index (κ1) is 16.4. The third-order valence-corrected chi connectivity index (χ3v) is 7.24. The summed E-state index contributed by atoms with van der Waals surface area (Å²) in [4.78, 5) is 35.1. The number of rotatable bonds is 5. The molecule has 0 bridgehead atoms. The Morgan fingerprint density at radius 2 is 2.21 bits per heavy atom. The number of hydrogen-bond donors (Lipinski definition) is 2. The van der Waals surface area contributed by atoms with Crippen LogP contribution in [0.25, 0.3) is 0 Å². The van der Waals surface area contributed by atoms with Gasteiger partial charge in [0.25, 0.3) is 5.91 Å². The van der Waals surface area contributed by atoms with Gasteiger partial charge in [-0.05, 0) is 6.92 Å². The molecule has 0 radical (unpaired) electrons. The van der Waals surface area contributed by atoms with Crippen molar-refractivity contribution in [2.24, 2.45) is 5.73 Å². The normalized spacial score (nSPS) is 30.7. The van der Waals surface area contributed by atoms with Crippen LogP contribution in [-0.2, 0) is 37.3 Å². The molecule has 24 heavy (non-hydrogen) atoms. The average Bonchev–Trinajstić information content (AvgIpc) is 2.91. The molecule has 3 heterocycles. The number of carboxylic acid groups (broad SMARTS) is 1. The molecule has 11 nitrogen and oxygen atoms in total. The maximum Gasteiger partial charge on any atom is 0.328 e. The Bertz CT molecular complexity index is 848. The van der Waals surface area contributed by atoms with Crippen LogP contribution in [-0.4, -0.2) is 62.3 Å². The molecule has 2 aliphatic heterocycles. The number of nitrogens with zero attached hydrogens (tertiary/aromatic N) is 4. The second-order valence-electron chi connectivity index (χ2n) is 6.11. The number of carbonyl (C=O) groups excluding carboxylic acids is 2.